The maximum absolute atomic E-state index is 13.9. The highest BCUT2D eigenvalue weighted by Gasteiger charge is 2.32. The van der Waals surface area contributed by atoms with E-state index in [0.29, 0.717) is 18.0 Å². The van der Waals surface area contributed by atoms with E-state index in [2.05, 4.69) is 65.7 Å². The van der Waals surface area contributed by atoms with Gasteiger partial charge in [0.15, 0.2) is 0 Å². The molecule has 1 N–H and O–H groups in total. The Hall–Kier alpha value is -2.98. The third kappa shape index (κ3) is 5.59. The van der Waals surface area contributed by atoms with Crippen molar-refractivity contribution in [2.24, 2.45) is 5.92 Å². The molecule has 1 aliphatic rings. The molecule has 1 fully saturated rings. The van der Waals surface area contributed by atoms with Crippen LogP contribution in [0.15, 0.2) is 78.9 Å². The van der Waals surface area contributed by atoms with Crippen molar-refractivity contribution in [1.29, 1.82) is 0 Å². The number of nitrogens with zero attached hydrogens (tertiary/aromatic N) is 1. The third-order valence-corrected chi connectivity index (χ3v) is 6.07. The fourth-order valence-electron chi connectivity index (χ4n) is 4.49. The Labute approximate surface area is 183 Å². The lowest BCUT2D eigenvalue weighted by molar-refractivity contribution is -0.127. The minimum Gasteiger partial charge on any atom is -0.352 e. The average molecular weight is 417 g/mol. The van der Waals surface area contributed by atoms with Gasteiger partial charge in [0.25, 0.3) is 0 Å². The second-order valence-electron chi connectivity index (χ2n) is 8.53. The van der Waals surface area contributed by atoms with Gasteiger partial charge in [-0.15, -0.1) is 0 Å². The molecule has 2 atom stereocenters. The van der Waals surface area contributed by atoms with Gasteiger partial charge in [0.2, 0.25) is 5.91 Å². The highest BCUT2D eigenvalue weighted by atomic mass is 19.1. The van der Waals surface area contributed by atoms with Crippen molar-refractivity contribution in [3.8, 4) is 0 Å². The number of aryl methyl sites for hydroxylation is 1. The molecule has 160 valence electrons. The topological polar surface area (TPSA) is 32.3 Å². The molecule has 0 radical (unpaired) electrons. The Balaban J connectivity index is 1.49. The summed E-state index contributed by atoms with van der Waals surface area (Å²) in [5, 5.41) is 2.97. The third-order valence-electron chi connectivity index (χ3n) is 6.07. The van der Waals surface area contributed by atoms with Gasteiger partial charge in [-0.1, -0.05) is 78.4 Å². The van der Waals surface area contributed by atoms with Crippen molar-refractivity contribution in [3.63, 3.8) is 0 Å². The lowest BCUT2D eigenvalue weighted by atomic mass is 9.83. The Morgan fingerprint density at radius 2 is 1.77 bits per heavy atom. The minimum absolute atomic E-state index is 0.00123. The monoisotopic (exact) mass is 416 g/mol. The lowest BCUT2D eigenvalue weighted by Crippen LogP contribution is -2.45. The fourth-order valence-corrected chi connectivity index (χ4v) is 4.49. The van der Waals surface area contributed by atoms with Crippen molar-refractivity contribution in [2.45, 2.75) is 32.4 Å². The number of carbonyl (C=O) groups excluding carboxylic acids is 1. The second kappa shape index (κ2) is 9.88. The molecule has 0 aliphatic carbocycles. The van der Waals surface area contributed by atoms with Gasteiger partial charge in [0, 0.05) is 31.7 Å². The van der Waals surface area contributed by atoms with Crippen LogP contribution in [0.25, 0.3) is 0 Å². The number of hydrogen-bond acceptors (Lipinski definition) is 2. The van der Waals surface area contributed by atoms with E-state index in [9.17, 15) is 9.18 Å². The Bertz CT molecular complexity index is 1020. The summed E-state index contributed by atoms with van der Waals surface area (Å²) in [4.78, 5) is 15.4. The summed E-state index contributed by atoms with van der Waals surface area (Å²) in [5.74, 6) is -0.121. The van der Waals surface area contributed by atoms with Crippen LogP contribution < -0.4 is 5.32 Å². The van der Waals surface area contributed by atoms with Gasteiger partial charge in [-0.05, 0) is 36.5 Å². The second-order valence-corrected chi connectivity index (χ2v) is 8.53. The SMILES string of the molecule is Cc1cccc([C@H]2C[C@@H](C(=O)NCc3ccccc3F)CN(Cc3ccccc3)C2)c1. The molecule has 0 aromatic heterocycles. The molecular weight excluding hydrogens is 387 g/mol. The summed E-state index contributed by atoms with van der Waals surface area (Å²) >= 11 is 0. The van der Waals surface area contributed by atoms with Crippen LogP contribution in [0.5, 0.6) is 0 Å². The number of amides is 1. The summed E-state index contributed by atoms with van der Waals surface area (Å²) in [6.45, 7) is 4.78. The van der Waals surface area contributed by atoms with Gasteiger partial charge in [0.1, 0.15) is 5.82 Å². The molecule has 4 rings (SSSR count). The predicted octanol–water partition coefficient (Wildman–Crippen LogP) is 5.06. The fraction of sp³-hybridized carbons (Fsp3) is 0.296. The molecule has 0 bridgehead atoms. The van der Waals surface area contributed by atoms with Crippen LogP contribution in [0.4, 0.5) is 4.39 Å². The molecule has 3 aromatic rings. The van der Waals surface area contributed by atoms with Crippen molar-refractivity contribution >= 4 is 5.91 Å². The van der Waals surface area contributed by atoms with E-state index >= 15 is 0 Å². The van der Waals surface area contributed by atoms with E-state index in [0.717, 1.165) is 19.5 Å². The standard InChI is InChI=1S/C27H29FN2O/c1-20-8-7-12-22(14-20)24-15-25(19-30(18-24)17-21-9-3-2-4-10-21)27(31)29-16-23-11-5-6-13-26(23)28/h2-14,24-25H,15-19H2,1H3,(H,29,31)/t24-,25+/m0/s1. The first-order valence-corrected chi connectivity index (χ1v) is 10.9. The van der Waals surface area contributed by atoms with Crippen LogP contribution in [-0.4, -0.2) is 23.9 Å². The van der Waals surface area contributed by atoms with Crippen molar-refractivity contribution in [2.75, 3.05) is 13.1 Å². The van der Waals surface area contributed by atoms with Gasteiger partial charge >= 0.3 is 0 Å². The van der Waals surface area contributed by atoms with E-state index in [1.165, 1.54) is 22.8 Å². The molecule has 31 heavy (non-hydrogen) atoms. The summed E-state index contributed by atoms with van der Waals surface area (Å²) < 4.78 is 13.9. The van der Waals surface area contributed by atoms with Crippen LogP contribution in [0.3, 0.4) is 0 Å². The molecule has 4 heteroatoms. The van der Waals surface area contributed by atoms with E-state index in [1.54, 1.807) is 18.2 Å². The zero-order valence-electron chi connectivity index (χ0n) is 17.9. The van der Waals surface area contributed by atoms with Crippen LogP contribution in [-0.2, 0) is 17.9 Å². The first-order valence-electron chi connectivity index (χ1n) is 10.9. The summed E-state index contributed by atoms with van der Waals surface area (Å²) in [7, 11) is 0. The molecule has 3 aromatic carbocycles. The van der Waals surface area contributed by atoms with E-state index in [-0.39, 0.29) is 24.2 Å². The molecule has 0 spiro atoms. The number of halogens is 1. The molecule has 1 aliphatic heterocycles. The molecule has 0 unspecified atom stereocenters. The minimum atomic E-state index is -0.283. The van der Waals surface area contributed by atoms with Crippen LogP contribution >= 0.6 is 0 Å². The van der Waals surface area contributed by atoms with Gasteiger partial charge in [-0.3, -0.25) is 9.69 Å². The Morgan fingerprint density at radius 1 is 1.00 bits per heavy atom. The van der Waals surface area contributed by atoms with Gasteiger partial charge in [-0.25, -0.2) is 4.39 Å². The molecule has 1 heterocycles. The molecule has 1 amide bonds. The van der Waals surface area contributed by atoms with E-state index < -0.39 is 0 Å². The molecule has 0 saturated carbocycles. The maximum Gasteiger partial charge on any atom is 0.224 e. The molecular formula is C27H29FN2O. The Morgan fingerprint density at radius 3 is 2.55 bits per heavy atom. The van der Waals surface area contributed by atoms with Crippen molar-refractivity contribution in [3.05, 3.63) is 107 Å². The van der Waals surface area contributed by atoms with Crippen LogP contribution in [0, 0.1) is 18.7 Å². The lowest BCUT2D eigenvalue weighted by Gasteiger charge is -2.37. The molecule has 1 saturated heterocycles. The quantitative estimate of drug-likeness (QED) is 0.609. The molecule has 3 nitrogen and oxygen atoms in total. The highest BCUT2D eigenvalue weighted by molar-refractivity contribution is 5.79. The maximum atomic E-state index is 13.9. The average Bonchev–Trinajstić information content (AvgIpc) is 2.79. The number of carbonyl (C=O) groups is 1. The van der Waals surface area contributed by atoms with Gasteiger partial charge in [0.05, 0.1) is 5.92 Å². The zero-order chi connectivity index (χ0) is 21.6. The normalized spacial score (nSPS) is 19.2. The smallest absolute Gasteiger partial charge is 0.224 e. The number of likely N-dealkylation sites (tertiary alicyclic amines) is 1. The summed E-state index contributed by atoms with van der Waals surface area (Å²) in [6.07, 6.45) is 0.803. The van der Waals surface area contributed by atoms with Crippen LogP contribution in [0.1, 0.15) is 34.6 Å². The Kier molecular flexibility index (Phi) is 6.78. The first kappa shape index (κ1) is 21.3. The highest BCUT2D eigenvalue weighted by Crippen LogP contribution is 2.32. The van der Waals surface area contributed by atoms with Crippen LogP contribution in [0.2, 0.25) is 0 Å². The first-order chi connectivity index (χ1) is 15.1. The number of piperidine rings is 1. The number of hydrogen-bond donors (Lipinski definition) is 1. The number of nitrogens with one attached hydrogen (secondary N) is 1. The van der Waals surface area contributed by atoms with Crippen molar-refractivity contribution < 1.29 is 9.18 Å². The summed E-state index contributed by atoms with van der Waals surface area (Å²) in [5.41, 5.74) is 4.28. The van der Waals surface area contributed by atoms with Crippen molar-refractivity contribution in [1.82, 2.24) is 10.2 Å². The predicted molar refractivity (Wildman–Crippen MR) is 122 cm³/mol. The zero-order valence-corrected chi connectivity index (χ0v) is 17.9. The number of rotatable bonds is 6. The van der Waals surface area contributed by atoms with E-state index in [1.807, 2.05) is 6.07 Å². The van der Waals surface area contributed by atoms with Gasteiger partial charge < -0.3 is 5.32 Å². The van der Waals surface area contributed by atoms with E-state index in [4.69, 9.17) is 0 Å². The number of benzene rings is 3. The summed E-state index contributed by atoms with van der Waals surface area (Å²) in [6, 6.07) is 25.6. The largest absolute Gasteiger partial charge is 0.352 e. The van der Waals surface area contributed by atoms with Gasteiger partial charge in [-0.2, -0.15) is 0 Å².